The number of aromatic nitrogens is 2. The van der Waals surface area contributed by atoms with Gasteiger partial charge in [0.2, 0.25) is 0 Å². The number of carbonyl (C=O) groups is 3. The Balaban J connectivity index is 1.56. The fraction of sp³-hybridized carbons (Fsp3) is 0.400. The summed E-state index contributed by atoms with van der Waals surface area (Å²) in [6, 6.07) is 6.58. The van der Waals surface area contributed by atoms with Crippen LogP contribution in [0.4, 0.5) is 5.00 Å². The molecule has 0 spiro atoms. The van der Waals surface area contributed by atoms with E-state index in [0.29, 0.717) is 27.3 Å². The van der Waals surface area contributed by atoms with Gasteiger partial charge in [0.25, 0.3) is 11.5 Å². The van der Waals surface area contributed by atoms with Crippen molar-refractivity contribution in [2.45, 2.75) is 46.1 Å². The van der Waals surface area contributed by atoms with Gasteiger partial charge >= 0.3 is 11.9 Å². The van der Waals surface area contributed by atoms with E-state index < -0.39 is 23.9 Å². The van der Waals surface area contributed by atoms with Gasteiger partial charge in [-0.05, 0) is 50.7 Å². The number of carbonyl (C=O) groups excluding carboxylic acids is 3. The molecule has 2 atom stereocenters. The second-order valence-electron chi connectivity index (χ2n) is 8.64. The maximum Gasteiger partial charge on any atom is 0.360 e. The minimum Gasteiger partial charge on any atom is -0.462 e. The van der Waals surface area contributed by atoms with Crippen molar-refractivity contribution in [3.63, 3.8) is 0 Å². The van der Waals surface area contributed by atoms with Gasteiger partial charge in [-0.2, -0.15) is 5.10 Å². The number of thiophene rings is 1. The van der Waals surface area contributed by atoms with E-state index in [9.17, 15) is 19.2 Å². The largest absolute Gasteiger partial charge is 0.462 e. The predicted octanol–water partition coefficient (Wildman–Crippen LogP) is 3.48. The van der Waals surface area contributed by atoms with Crippen LogP contribution < -0.4 is 10.9 Å². The minimum absolute atomic E-state index is 0.0601. The Bertz CT molecular complexity index is 1380. The van der Waals surface area contributed by atoms with Crippen LogP contribution in [0.2, 0.25) is 0 Å². The van der Waals surface area contributed by atoms with Crippen molar-refractivity contribution in [3.05, 3.63) is 56.3 Å². The van der Waals surface area contributed by atoms with E-state index in [2.05, 4.69) is 17.3 Å². The van der Waals surface area contributed by atoms with E-state index in [1.165, 1.54) is 25.3 Å². The van der Waals surface area contributed by atoms with E-state index in [0.717, 1.165) is 34.4 Å². The number of ether oxygens (including phenoxy) is 2. The van der Waals surface area contributed by atoms with Crippen molar-refractivity contribution >= 4 is 45.0 Å². The summed E-state index contributed by atoms with van der Waals surface area (Å²) in [5, 5.41) is 7.88. The Labute approximate surface area is 206 Å². The molecule has 0 fully saturated rings. The van der Waals surface area contributed by atoms with Crippen LogP contribution >= 0.6 is 11.3 Å². The first-order valence-electron chi connectivity index (χ1n) is 11.5. The molecule has 184 valence electrons. The number of anilines is 1. The Hall–Kier alpha value is -3.53. The number of fused-ring (bicyclic) bond motifs is 2. The topological polar surface area (TPSA) is 117 Å². The summed E-state index contributed by atoms with van der Waals surface area (Å²) in [7, 11) is 1.44. The van der Waals surface area contributed by atoms with Gasteiger partial charge < -0.3 is 14.8 Å². The lowest BCUT2D eigenvalue weighted by Crippen LogP contribution is -2.31. The molecule has 0 saturated heterocycles. The molecule has 10 heteroatoms. The van der Waals surface area contributed by atoms with Crippen LogP contribution in [0.1, 0.15) is 58.5 Å². The smallest absolute Gasteiger partial charge is 0.360 e. The van der Waals surface area contributed by atoms with Gasteiger partial charge in [-0.3, -0.25) is 9.59 Å². The second kappa shape index (κ2) is 9.99. The first-order chi connectivity index (χ1) is 16.7. The normalized spacial score (nSPS) is 15.8. The summed E-state index contributed by atoms with van der Waals surface area (Å²) in [4.78, 5) is 51.9. The number of hydrogen-bond donors (Lipinski definition) is 1. The van der Waals surface area contributed by atoms with Gasteiger partial charge in [-0.1, -0.05) is 25.1 Å². The van der Waals surface area contributed by atoms with Gasteiger partial charge in [0.1, 0.15) is 5.00 Å². The van der Waals surface area contributed by atoms with Crippen molar-refractivity contribution in [1.29, 1.82) is 0 Å². The monoisotopic (exact) mass is 497 g/mol. The molecule has 3 aromatic rings. The summed E-state index contributed by atoms with van der Waals surface area (Å²) in [5.74, 6) is -1.39. The molecular weight excluding hydrogens is 470 g/mol. The lowest BCUT2D eigenvalue weighted by molar-refractivity contribution is -0.123. The Morgan fingerprint density at radius 1 is 1.23 bits per heavy atom. The first-order valence-corrected chi connectivity index (χ1v) is 12.3. The number of hydrogen-bond acceptors (Lipinski definition) is 8. The molecule has 2 heterocycles. The van der Waals surface area contributed by atoms with Crippen LogP contribution in [0.25, 0.3) is 10.8 Å². The van der Waals surface area contributed by atoms with Crippen molar-refractivity contribution < 1.29 is 23.9 Å². The van der Waals surface area contributed by atoms with Crippen molar-refractivity contribution in [3.8, 4) is 0 Å². The molecule has 2 aromatic heterocycles. The molecule has 1 aliphatic carbocycles. The zero-order valence-corrected chi connectivity index (χ0v) is 20.9. The molecule has 0 radical (unpaired) electrons. The zero-order valence-electron chi connectivity index (χ0n) is 20.0. The summed E-state index contributed by atoms with van der Waals surface area (Å²) >= 11 is 1.36. The summed E-state index contributed by atoms with van der Waals surface area (Å²) in [5.41, 5.74) is 0.907. The number of amides is 1. The van der Waals surface area contributed by atoms with Gasteiger partial charge in [0, 0.05) is 17.3 Å². The third-order valence-electron chi connectivity index (χ3n) is 6.03. The molecule has 9 nitrogen and oxygen atoms in total. The quantitative estimate of drug-likeness (QED) is 0.518. The summed E-state index contributed by atoms with van der Waals surface area (Å²) in [6.45, 7) is 5.55. The lowest BCUT2D eigenvalue weighted by Gasteiger charge is -2.18. The Morgan fingerprint density at radius 2 is 1.94 bits per heavy atom. The fourth-order valence-corrected chi connectivity index (χ4v) is 5.59. The molecule has 0 saturated carbocycles. The van der Waals surface area contributed by atoms with Crippen LogP contribution in [0, 0.1) is 5.92 Å². The molecule has 1 aliphatic rings. The first kappa shape index (κ1) is 24.6. The fourth-order valence-electron chi connectivity index (χ4n) is 4.19. The maximum absolute atomic E-state index is 13.0. The zero-order chi connectivity index (χ0) is 25.3. The molecule has 4 rings (SSSR count). The van der Waals surface area contributed by atoms with Gasteiger partial charge in [-0.25, -0.2) is 14.3 Å². The standard InChI is InChI=1S/C25H27N3O6S/c1-5-33-24(31)19-17-11-10-13(2)12-18(17)35-22(19)26-21(29)14(3)34-25(32)20-15-8-6-7-9-16(15)23(30)28(4)27-20/h6-9,13-14H,5,10-12H2,1-4H3,(H,26,29)/t13-,14+/m0/s1. The highest BCUT2D eigenvalue weighted by Crippen LogP contribution is 2.40. The minimum atomic E-state index is -1.17. The molecule has 1 N–H and O–H groups in total. The summed E-state index contributed by atoms with van der Waals surface area (Å²) < 4.78 is 11.7. The molecular formula is C25H27N3O6S. The predicted molar refractivity (Wildman–Crippen MR) is 132 cm³/mol. The molecule has 1 aromatic carbocycles. The number of aryl methyl sites for hydroxylation is 1. The number of nitrogens with one attached hydrogen (secondary N) is 1. The highest BCUT2D eigenvalue weighted by Gasteiger charge is 2.31. The van der Waals surface area contributed by atoms with Crippen LogP contribution in [0.3, 0.4) is 0 Å². The van der Waals surface area contributed by atoms with Crippen LogP contribution in [0.5, 0.6) is 0 Å². The SMILES string of the molecule is CCOC(=O)c1c(NC(=O)[C@@H](C)OC(=O)c2nn(C)c(=O)c3ccccc23)sc2c1CC[C@H](C)C2. The van der Waals surface area contributed by atoms with Crippen molar-refractivity contribution in [1.82, 2.24) is 9.78 Å². The highest BCUT2D eigenvalue weighted by atomic mass is 32.1. The van der Waals surface area contributed by atoms with Gasteiger partial charge in [0.15, 0.2) is 11.8 Å². The van der Waals surface area contributed by atoms with Crippen LogP contribution in [0.15, 0.2) is 29.1 Å². The van der Waals surface area contributed by atoms with Crippen molar-refractivity contribution in [2.24, 2.45) is 13.0 Å². The van der Waals surface area contributed by atoms with Gasteiger partial charge in [0.05, 0.1) is 17.6 Å². The van der Waals surface area contributed by atoms with E-state index in [1.807, 2.05) is 0 Å². The maximum atomic E-state index is 13.0. The third-order valence-corrected chi connectivity index (χ3v) is 7.20. The third kappa shape index (κ3) is 4.84. The lowest BCUT2D eigenvalue weighted by atomic mass is 9.88. The number of rotatable bonds is 6. The Morgan fingerprint density at radius 3 is 2.66 bits per heavy atom. The molecule has 0 bridgehead atoms. The number of nitrogens with zero attached hydrogens (tertiary/aromatic N) is 2. The average Bonchev–Trinajstić information content (AvgIpc) is 3.18. The molecule has 0 unspecified atom stereocenters. The van der Waals surface area contributed by atoms with Gasteiger partial charge in [-0.15, -0.1) is 11.3 Å². The highest BCUT2D eigenvalue weighted by molar-refractivity contribution is 7.17. The van der Waals surface area contributed by atoms with E-state index in [-0.39, 0.29) is 17.9 Å². The Kier molecular flexibility index (Phi) is 7.02. The number of esters is 2. The second-order valence-corrected chi connectivity index (χ2v) is 9.74. The van der Waals surface area contributed by atoms with E-state index in [1.54, 1.807) is 31.2 Å². The molecule has 0 aliphatic heterocycles. The van der Waals surface area contributed by atoms with Crippen LogP contribution in [-0.4, -0.2) is 40.3 Å². The summed E-state index contributed by atoms with van der Waals surface area (Å²) in [6.07, 6.45) is 1.36. The molecule has 35 heavy (non-hydrogen) atoms. The average molecular weight is 498 g/mol. The molecule has 1 amide bonds. The van der Waals surface area contributed by atoms with E-state index >= 15 is 0 Å². The van der Waals surface area contributed by atoms with Crippen LogP contribution in [-0.2, 0) is 34.2 Å². The van der Waals surface area contributed by atoms with E-state index in [4.69, 9.17) is 9.47 Å². The number of benzene rings is 1. The van der Waals surface area contributed by atoms with Crippen molar-refractivity contribution in [2.75, 3.05) is 11.9 Å².